The molecular weight excluding hydrogens is 348 g/mol. The SMILES string of the molecule is CCSc1cccc(C(=O)O)c1.CS(=O)(=O)Nc1cccc(N)c1. The van der Waals surface area contributed by atoms with Gasteiger partial charge in [0, 0.05) is 10.6 Å². The molecule has 0 amide bonds. The van der Waals surface area contributed by atoms with Crippen molar-refractivity contribution in [3.8, 4) is 0 Å². The first-order valence-electron chi connectivity index (χ1n) is 7.00. The third-order valence-electron chi connectivity index (χ3n) is 2.58. The van der Waals surface area contributed by atoms with Crippen LogP contribution >= 0.6 is 11.8 Å². The molecule has 0 heterocycles. The molecule has 0 radical (unpaired) electrons. The van der Waals surface area contributed by atoms with Crippen LogP contribution in [0.3, 0.4) is 0 Å². The Morgan fingerprint density at radius 3 is 2.42 bits per heavy atom. The lowest BCUT2D eigenvalue weighted by molar-refractivity contribution is 0.0696. The van der Waals surface area contributed by atoms with Crippen LogP contribution < -0.4 is 10.5 Å². The normalized spacial score (nSPS) is 10.4. The molecule has 130 valence electrons. The summed E-state index contributed by atoms with van der Waals surface area (Å²) in [6.45, 7) is 2.04. The van der Waals surface area contributed by atoms with Gasteiger partial charge in [0.1, 0.15) is 0 Å². The van der Waals surface area contributed by atoms with E-state index < -0.39 is 16.0 Å². The molecule has 0 aliphatic rings. The molecule has 0 fully saturated rings. The number of carbonyl (C=O) groups is 1. The topological polar surface area (TPSA) is 109 Å². The van der Waals surface area contributed by atoms with Crippen molar-refractivity contribution in [1.82, 2.24) is 0 Å². The first-order chi connectivity index (χ1) is 11.2. The van der Waals surface area contributed by atoms with Gasteiger partial charge >= 0.3 is 5.97 Å². The minimum atomic E-state index is -3.20. The molecule has 2 aromatic carbocycles. The fourth-order valence-electron chi connectivity index (χ4n) is 1.70. The summed E-state index contributed by atoms with van der Waals surface area (Å²) in [6, 6.07) is 13.5. The van der Waals surface area contributed by atoms with E-state index in [2.05, 4.69) is 4.72 Å². The fraction of sp³-hybridized carbons (Fsp3) is 0.188. The molecule has 0 saturated carbocycles. The number of benzene rings is 2. The number of hydrogen-bond acceptors (Lipinski definition) is 5. The number of rotatable bonds is 5. The van der Waals surface area contributed by atoms with Gasteiger partial charge < -0.3 is 10.8 Å². The van der Waals surface area contributed by atoms with Crippen LogP contribution in [0.5, 0.6) is 0 Å². The quantitative estimate of drug-likeness (QED) is 0.552. The van der Waals surface area contributed by atoms with Gasteiger partial charge in [0.2, 0.25) is 10.0 Å². The van der Waals surface area contributed by atoms with Crippen molar-refractivity contribution < 1.29 is 18.3 Å². The van der Waals surface area contributed by atoms with Gasteiger partial charge in [-0.25, -0.2) is 13.2 Å². The molecule has 0 spiro atoms. The van der Waals surface area contributed by atoms with Crippen molar-refractivity contribution in [1.29, 1.82) is 0 Å². The van der Waals surface area contributed by atoms with Crippen molar-refractivity contribution in [3.63, 3.8) is 0 Å². The third kappa shape index (κ3) is 7.89. The average Bonchev–Trinajstić information content (AvgIpc) is 2.47. The summed E-state index contributed by atoms with van der Waals surface area (Å²) in [4.78, 5) is 11.6. The Kier molecular flexibility index (Phi) is 7.60. The zero-order chi connectivity index (χ0) is 18.2. The molecule has 6 nitrogen and oxygen atoms in total. The number of aromatic carboxylic acids is 1. The molecule has 0 unspecified atom stereocenters. The molecule has 0 aliphatic heterocycles. The summed E-state index contributed by atoms with van der Waals surface area (Å²) in [7, 11) is -3.20. The van der Waals surface area contributed by atoms with Crippen molar-refractivity contribution in [3.05, 3.63) is 54.1 Å². The van der Waals surface area contributed by atoms with E-state index >= 15 is 0 Å². The summed E-state index contributed by atoms with van der Waals surface area (Å²) in [5.74, 6) is 0.0943. The smallest absolute Gasteiger partial charge is 0.335 e. The second kappa shape index (κ2) is 9.19. The summed E-state index contributed by atoms with van der Waals surface area (Å²) in [6.07, 6.45) is 1.09. The molecule has 0 saturated heterocycles. The maximum atomic E-state index is 10.8. The van der Waals surface area contributed by atoms with E-state index in [0.717, 1.165) is 16.9 Å². The molecule has 0 bridgehead atoms. The van der Waals surface area contributed by atoms with E-state index in [-0.39, 0.29) is 0 Å². The maximum absolute atomic E-state index is 10.8. The number of anilines is 2. The fourth-order valence-corrected chi connectivity index (χ4v) is 2.98. The number of sulfonamides is 1. The lowest BCUT2D eigenvalue weighted by Gasteiger charge is -2.03. The van der Waals surface area contributed by atoms with Crippen LogP contribution in [0.15, 0.2) is 53.4 Å². The van der Waals surface area contributed by atoms with E-state index in [1.165, 1.54) is 0 Å². The van der Waals surface area contributed by atoms with Gasteiger partial charge in [-0.05, 0) is 42.2 Å². The van der Waals surface area contributed by atoms with Crippen LogP contribution in [0, 0.1) is 0 Å². The lowest BCUT2D eigenvalue weighted by atomic mass is 10.2. The molecular formula is C16H20N2O4S2. The molecule has 2 rings (SSSR count). The van der Waals surface area contributed by atoms with E-state index in [1.54, 1.807) is 54.2 Å². The second-order valence-corrected chi connectivity index (χ2v) is 7.85. The molecule has 4 N–H and O–H groups in total. The Morgan fingerprint density at radius 2 is 1.88 bits per heavy atom. The van der Waals surface area contributed by atoms with Gasteiger partial charge in [0.05, 0.1) is 17.5 Å². The highest BCUT2D eigenvalue weighted by atomic mass is 32.2. The molecule has 24 heavy (non-hydrogen) atoms. The summed E-state index contributed by atoms with van der Waals surface area (Å²) in [5.41, 5.74) is 6.81. The van der Waals surface area contributed by atoms with E-state index in [1.807, 2.05) is 13.0 Å². The number of carboxylic acids is 1. The summed E-state index contributed by atoms with van der Waals surface area (Å²) < 4.78 is 23.8. The van der Waals surface area contributed by atoms with Gasteiger partial charge in [-0.2, -0.15) is 0 Å². The largest absolute Gasteiger partial charge is 0.478 e. The van der Waals surface area contributed by atoms with Gasteiger partial charge in [-0.3, -0.25) is 4.72 Å². The highest BCUT2D eigenvalue weighted by Crippen LogP contribution is 2.18. The highest BCUT2D eigenvalue weighted by Gasteiger charge is 2.02. The van der Waals surface area contributed by atoms with Crippen molar-refractivity contribution in [2.45, 2.75) is 11.8 Å². The average molecular weight is 368 g/mol. The molecule has 0 atom stereocenters. The number of nitrogens with two attached hydrogens (primary N) is 1. The predicted molar refractivity (Wildman–Crippen MR) is 99.1 cm³/mol. The maximum Gasteiger partial charge on any atom is 0.335 e. The Hall–Kier alpha value is -2.19. The predicted octanol–water partition coefficient (Wildman–Crippen LogP) is 3.14. The number of hydrogen-bond donors (Lipinski definition) is 3. The van der Waals surface area contributed by atoms with Gasteiger partial charge in [-0.15, -0.1) is 11.8 Å². The Bertz CT molecular complexity index is 792. The van der Waals surface area contributed by atoms with Crippen LogP contribution in [0.1, 0.15) is 17.3 Å². The number of thioether (sulfide) groups is 1. The summed E-state index contributed by atoms with van der Waals surface area (Å²) >= 11 is 1.64. The molecule has 0 aromatic heterocycles. The van der Waals surface area contributed by atoms with E-state index in [4.69, 9.17) is 10.8 Å². The monoisotopic (exact) mass is 368 g/mol. The van der Waals surface area contributed by atoms with Crippen molar-refractivity contribution in [2.75, 3.05) is 22.5 Å². The summed E-state index contributed by atoms with van der Waals surface area (Å²) in [5, 5.41) is 8.67. The van der Waals surface area contributed by atoms with Crippen LogP contribution in [0.4, 0.5) is 11.4 Å². The zero-order valence-electron chi connectivity index (χ0n) is 13.4. The van der Waals surface area contributed by atoms with E-state index in [0.29, 0.717) is 16.9 Å². The van der Waals surface area contributed by atoms with Crippen LogP contribution in [0.2, 0.25) is 0 Å². The molecule has 0 aliphatic carbocycles. The number of nitrogen functional groups attached to an aromatic ring is 1. The van der Waals surface area contributed by atoms with Crippen LogP contribution in [-0.2, 0) is 10.0 Å². The Labute approximate surface area is 146 Å². The van der Waals surface area contributed by atoms with Crippen LogP contribution in [0.25, 0.3) is 0 Å². The first-order valence-corrected chi connectivity index (χ1v) is 9.88. The van der Waals surface area contributed by atoms with Gasteiger partial charge in [0.25, 0.3) is 0 Å². The number of nitrogens with one attached hydrogen (secondary N) is 1. The third-order valence-corrected chi connectivity index (χ3v) is 4.06. The first kappa shape index (κ1) is 19.9. The van der Waals surface area contributed by atoms with E-state index in [9.17, 15) is 13.2 Å². The molecule has 8 heteroatoms. The highest BCUT2D eigenvalue weighted by molar-refractivity contribution is 7.99. The van der Waals surface area contributed by atoms with Gasteiger partial charge in [-0.1, -0.05) is 19.1 Å². The molecule has 2 aromatic rings. The minimum Gasteiger partial charge on any atom is -0.478 e. The van der Waals surface area contributed by atoms with Crippen LogP contribution in [-0.4, -0.2) is 31.5 Å². The van der Waals surface area contributed by atoms with Gasteiger partial charge in [0.15, 0.2) is 0 Å². The second-order valence-electron chi connectivity index (χ2n) is 4.77. The Morgan fingerprint density at radius 1 is 1.21 bits per heavy atom. The Balaban J connectivity index is 0.000000240. The lowest BCUT2D eigenvalue weighted by Crippen LogP contribution is -2.09. The van der Waals surface area contributed by atoms with Crippen molar-refractivity contribution >= 4 is 39.1 Å². The van der Waals surface area contributed by atoms with Crippen molar-refractivity contribution in [2.24, 2.45) is 0 Å². The number of carboxylic acid groups (broad SMARTS) is 1. The zero-order valence-corrected chi connectivity index (χ0v) is 15.0. The minimum absolute atomic E-state index is 0.355. The standard InChI is InChI=1S/C9H10O2S.C7H10N2O2S/c1-2-12-8-5-3-4-7(6-8)9(10)11;1-12(10,11)9-7-4-2-3-6(8)5-7/h3-6H,2H2,1H3,(H,10,11);2-5,9H,8H2,1H3.